The van der Waals surface area contributed by atoms with Crippen LogP contribution in [0.25, 0.3) is 0 Å². The number of hydrogen-bond acceptors (Lipinski definition) is 4. The second kappa shape index (κ2) is 7.70. The summed E-state index contributed by atoms with van der Waals surface area (Å²) in [5, 5.41) is 13.5. The van der Waals surface area contributed by atoms with Crippen LogP contribution in [-0.4, -0.2) is 22.3 Å². The molecule has 0 radical (unpaired) electrons. The lowest BCUT2D eigenvalue weighted by molar-refractivity contribution is -0.129. The van der Waals surface area contributed by atoms with E-state index in [1.807, 2.05) is 51.1 Å². The molecule has 124 valence electrons. The van der Waals surface area contributed by atoms with E-state index in [1.54, 1.807) is 23.9 Å². The third kappa shape index (κ3) is 5.44. The number of thioether (sulfide) groups is 1. The van der Waals surface area contributed by atoms with Gasteiger partial charge in [0.1, 0.15) is 11.9 Å². The van der Waals surface area contributed by atoms with Crippen molar-refractivity contribution < 1.29 is 14.3 Å². The van der Waals surface area contributed by atoms with Crippen molar-refractivity contribution >= 4 is 17.7 Å². The Labute approximate surface area is 141 Å². The van der Waals surface area contributed by atoms with Crippen LogP contribution < -0.4 is 5.32 Å². The first-order valence-electron chi connectivity index (χ1n) is 7.58. The molecule has 0 spiro atoms. The third-order valence-electron chi connectivity index (χ3n) is 3.22. The Kier molecular flexibility index (Phi) is 5.91. The van der Waals surface area contributed by atoms with Gasteiger partial charge in [0.2, 0.25) is 5.91 Å². The molecule has 2 N–H and O–H groups in total. The molecule has 1 amide bonds. The lowest BCUT2D eigenvalue weighted by atomic mass is 9.99. The number of rotatable bonds is 6. The van der Waals surface area contributed by atoms with Crippen molar-refractivity contribution in [1.82, 2.24) is 5.32 Å². The largest absolute Gasteiger partial charge is 0.467 e. The van der Waals surface area contributed by atoms with Crippen LogP contribution >= 0.6 is 11.8 Å². The summed E-state index contributed by atoms with van der Waals surface area (Å²) in [4.78, 5) is 13.7. The van der Waals surface area contributed by atoms with E-state index in [-0.39, 0.29) is 11.4 Å². The predicted octanol–water partition coefficient (Wildman–Crippen LogP) is 3.64. The average molecular weight is 333 g/mol. The Morgan fingerprint density at radius 3 is 2.48 bits per heavy atom. The number of nitrogens with one attached hydrogen (secondary N) is 1. The lowest BCUT2D eigenvalue weighted by Gasteiger charge is -2.26. The molecule has 1 aromatic carbocycles. The van der Waals surface area contributed by atoms with Gasteiger partial charge in [-0.15, -0.1) is 11.8 Å². The first-order chi connectivity index (χ1) is 10.9. The highest BCUT2D eigenvalue weighted by Crippen LogP contribution is 2.29. The van der Waals surface area contributed by atoms with E-state index < -0.39 is 12.0 Å². The zero-order valence-electron chi connectivity index (χ0n) is 13.7. The molecule has 0 aliphatic rings. The number of aliphatic hydroxyl groups excluding tert-OH is 1. The number of amides is 1. The van der Waals surface area contributed by atoms with E-state index in [4.69, 9.17) is 4.42 Å². The number of hydrogen-bond donors (Lipinski definition) is 2. The van der Waals surface area contributed by atoms with E-state index in [9.17, 15) is 9.90 Å². The van der Waals surface area contributed by atoms with Crippen LogP contribution in [0.3, 0.4) is 0 Å². The summed E-state index contributed by atoms with van der Waals surface area (Å²) in [5.74, 6) is 0.108. The van der Waals surface area contributed by atoms with E-state index in [2.05, 4.69) is 5.32 Å². The maximum atomic E-state index is 12.6. The minimum absolute atomic E-state index is 0.176. The van der Waals surface area contributed by atoms with Crippen LogP contribution in [0, 0.1) is 5.92 Å². The fraction of sp³-hybridized carbons (Fsp3) is 0.389. The Bertz CT molecular complexity index is 605. The highest BCUT2D eigenvalue weighted by Gasteiger charge is 2.31. The Hall–Kier alpha value is -1.72. The van der Waals surface area contributed by atoms with E-state index >= 15 is 0 Å². The van der Waals surface area contributed by atoms with Crippen LogP contribution in [0.5, 0.6) is 0 Å². The quantitative estimate of drug-likeness (QED) is 0.792. The van der Waals surface area contributed by atoms with Crippen LogP contribution in [0.15, 0.2) is 58.0 Å². The van der Waals surface area contributed by atoms with Gasteiger partial charge in [0, 0.05) is 16.2 Å². The molecule has 0 bridgehead atoms. The summed E-state index contributed by atoms with van der Waals surface area (Å²) in [6.07, 6.45) is 0.533. The van der Waals surface area contributed by atoms with E-state index in [0.29, 0.717) is 11.5 Å². The van der Waals surface area contributed by atoms with Crippen LogP contribution in [0.4, 0.5) is 0 Å². The standard InChI is InChI=1S/C18H23NO3S/c1-18(2,3)19-17(21)14(16(20)15-10-7-11-22-15)12-23-13-8-5-4-6-9-13/h4-11,14,16,20H,12H2,1-3H3,(H,19,21)/t14-,16-/m0/s1. The second-order valence-corrected chi connectivity index (χ2v) is 7.52. The van der Waals surface area contributed by atoms with Crippen molar-refractivity contribution in [2.75, 3.05) is 5.75 Å². The predicted molar refractivity (Wildman–Crippen MR) is 92.2 cm³/mol. The summed E-state index contributed by atoms with van der Waals surface area (Å²) in [6, 6.07) is 13.2. The third-order valence-corrected chi connectivity index (χ3v) is 4.35. The van der Waals surface area contributed by atoms with Crippen LogP contribution in [-0.2, 0) is 4.79 Å². The Balaban J connectivity index is 2.12. The average Bonchev–Trinajstić information content (AvgIpc) is 3.00. The number of carbonyl (C=O) groups excluding carboxylic acids is 1. The minimum atomic E-state index is -0.969. The van der Waals surface area contributed by atoms with E-state index in [0.717, 1.165) is 4.90 Å². The molecule has 4 nitrogen and oxygen atoms in total. The smallest absolute Gasteiger partial charge is 0.227 e. The summed E-state index contributed by atoms with van der Waals surface area (Å²) < 4.78 is 5.27. The summed E-state index contributed by atoms with van der Waals surface area (Å²) >= 11 is 1.55. The molecular weight excluding hydrogens is 310 g/mol. The topological polar surface area (TPSA) is 62.5 Å². The molecule has 0 saturated carbocycles. The molecule has 1 heterocycles. The zero-order valence-corrected chi connectivity index (χ0v) is 14.5. The highest BCUT2D eigenvalue weighted by atomic mass is 32.2. The summed E-state index contributed by atoms with van der Waals surface area (Å²) in [6.45, 7) is 5.77. The zero-order chi connectivity index (χ0) is 16.9. The summed E-state index contributed by atoms with van der Waals surface area (Å²) in [5.41, 5.74) is -0.352. The van der Waals surface area contributed by atoms with Gasteiger partial charge >= 0.3 is 0 Å². The van der Waals surface area contributed by atoms with Crippen molar-refractivity contribution in [1.29, 1.82) is 0 Å². The van der Waals surface area contributed by atoms with Crippen molar-refractivity contribution in [3.63, 3.8) is 0 Å². The van der Waals surface area contributed by atoms with Gasteiger partial charge in [-0.3, -0.25) is 4.79 Å². The molecular formula is C18H23NO3S. The van der Waals surface area contributed by atoms with Gasteiger partial charge in [0.15, 0.2) is 0 Å². The molecule has 1 aromatic heterocycles. The fourth-order valence-corrected chi connectivity index (χ4v) is 3.19. The van der Waals surface area contributed by atoms with Gasteiger partial charge in [0.25, 0.3) is 0 Å². The molecule has 2 atom stereocenters. The molecule has 2 rings (SSSR count). The number of furan rings is 1. The van der Waals surface area contributed by atoms with Gasteiger partial charge in [-0.25, -0.2) is 0 Å². The Morgan fingerprint density at radius 2 is 1.91 bits per heavy atom. The molecule has 23 heavy (non-hydrogen) atoms. The fourth-order valence-electron chi connectivity index (χ4n) is 2.13. The number of aliphatic hydroxyl groups is 1. The first-order valence-corrected chi connectivity index (χ1v) is 8.57. The lowest BCUT2D eigenvalue weighted by Crippen LogP contribution is -2.46. The SMILES string of the molecule is CC(C)(C)NC(=O)[C@@H](CSc1ccccc1)[C@H](O)c1ccco1. The molecule has 0 aliphatic heterocycles. The van der Waals surface area contributed by atoms with Crippen molar-refractivity contribution in [2.45, 2.75) is 37.3 Å². The van der Waals surface area contributed by atoms with Gasteiger partial charge < -0.3 is 14.8 Å². The Morgan fingerprint density at radius 1 is 1.22 bits per heavy atom. The molecule has 5 heteroatoms. The van der Waals surface area contributed by atoms with Gasteiger partial charge in [-0.1, -0.05) is 18.2 Å². The minimum Gasteiger partial charge on any atom is -0.467 e. The van der Waals surface area contributed by atoms with Crippen molar-refractivity contribution in [3.05, 3.63) is 54.5 Å². The molecule has 0 aliphatic carbocycles. The summed E-state index contributed by atoms with van der Waals surface area (Å²) in [7, 11) is 0. The first kappa shape index (κ1) is 17.6. The monoisotopic (exact) mass is 333 g/mol. The van der Waals surface area contributed by atoms with Crippen LogP contribution in [0.1, 0.15) is 32.6 Å². The van der Waals surface area contributed by atoms with Crippen LogP contribution in [0.2, 0.25) is 0 Å². The number of carbonyl (C=O) groups is 1. The highest BCUT2D eigenvalue weighted by molar-refractivity contribution is 7.99. The van der Waals surface area contributed by atoms with E-state index in [1.165, 1.54) is 6.26 Å². The molecule has 0 unspecified atom stereocenters. The maximum absolute atomic E-state index is 12.6. The second-order valence-electron chi connectivity index (χ2n) is 6.43. The van der Waals surface area contributed by atoms with Gasteiger partial charge in [0.05, 0.1) is 12.2 Å². The van der Waals surface area contributed by atoms with Crippen molar-refractivity contribution in [2.24, 2.45) is 5.92 Å². The van der Waals surface area contributed by atoms with Gasteiger partial charge in [-0.2, -0.15) is 0 Å². The maximum Gasteiger partial charge on any atom is 0.227 e. The molecule has 0 saturated heterocycles. The molecule has 0 fully saturated rings. The van der Waals surface area contributed by atoms with Crippen molar-refractivity contribution in [3.8, 4) is 0 Å². The normalized spacial score (nSPS) is 14.3. The number of benzene rings is 1. The van der Waals surface area contributed by atoms with Gasteiger partial charge in [-0.05, 0) is 45.0 Å². The molecule has 2 aromatic rings.